The molecule has 1 saturated carbocycles. The molecule has 2 aliphatic rings. The fraction of sp³-hybridized carbons (Fsp3) is 0.346. The van der Waals surface area contributed by atoms with Gasteiger partial charge >= 0.3 is 6.03 Å². The van der Waals surface area contributed by atoms with Crippen LogP contribution >= 0.6 is 34.8 Å². The molecule has 5 rings (SSSR count). The summed E-state index contributed by atoms with van der Waals surface area (Å²) in [6.45, 7) is -0.0476. The van der Waals surface area contributed by atoms with Crippen molar-refractivity contribution >= 4 is 52.6 Å². The highest BCUT2D eigenvalue weighted by Crippen LogP contribution is 2.35. The second kappa shape index (κ2) is 11.3. The molecule has 1 aromatic heterocycles. The van der Waals surface area contributed by atoms with E-state index in [1.54, 1.807) is 46.1 Å². The van der Waals surface area contributed by atoms with Crippen molar-refractivity contribution in [3.63, 3.8) is 0 Å². The molecule has 3 aromatic rings. The van der Waals surface area contributed by atoms with Crippen LogP contribution in [0.1, 0.15) is 36.9 Å². The lowest BCUT2D eigenvalue weighted by Gasteiger charge is -2.46. The number of hydrogen-bond acceptors (Lipinski definition) is 5. The Balaban J connectivity index is 1.30. The molecule has 1 aliphatic carbocycles. The van der Waals surface area contributed by atoms with Gasteiger partial charge in [0.05, 0.1) is 24.3 Å². The smallest absolute Gasteiger partial charge is 0.327 e. The van der Waals surface area contributed by atoms with E-state index in [1.807, 2.05) is 12.1 Å². The third kappa shape index (κ3) is 5.65. The number of hydrogen-bond donors (Lipinski definition) is 1. The van der Waals surface area contributed by atoms with Crippen LogP contribution in [-0.2, 0) is 22.7 Å². The number of amides is 4. The number of halogens is 3. The maximum Gasteiger partial charge on any atom is 0.327 e. The Morgan fingerprint density at radius 2 is 1.74 bits per heavy atom. The first kappa shape index (κ1) is 26.5. The third-order valence-corrected chi connectivity index (χ3v) is 7.79. The summed E-state index contributed by atoms with van der Waals surface area (Å²) in [4.78, 5) is 42.4. The van der Waals surface area contributed by atoms with Crippen molar-refractivity contribution in [2.45, 2.75) is 44.8 Å². The van der Waals surface area contributed by atoms with Crippen LogP contribution in [0.15, 0.2) is 48.7 Å². The molecule has 2 aromatic carbocycles. The van der Waals surface area contributed by atoms with Crippen LogP contribution in [-0.4, -0.2) is 55.2 Å². The van der Waals surface area contributed by atoms with Crippen LogP contribution in [0, 0.1) is 5.92 Å². The van der Waals surface area contributed by atoms with Crippen LogP contribution < -0.4 is 5.32 Å². The number of imide groups is 1. The Bertz CT molecular complexity index is 1360. The molecule has 198 valence electrons. The first-order valence-electron chi connectivity index (χ1n) is 12.3. The summed E-state index contributed by atoms with van der Waals surface area (Å²) in [6.07, 6.45) is 4.97. The van der Waals surface area contributed by atoms with Gasteiger partial charge in [-0.25, -0.2) is 9.48 Å². The van der Waals surface area contributed by atoms with Crippen molar-refractivity contribution in [2.75, 3.05) is 6.54 Å². The maximum atomic E-state index is 13.6. The summed E-state index contributed by atoms with van der Waals surface area (Å²) in [7, 11) is 0. The van der Waals surface area contributed by atoms with E-state index < -0.39 is 11.9 Å². The molecule has 0 radical (unpaired) electrons. The number of aromatic nitrogens is 3. The van der Waals surface area contributed by atoms with Gasteiger partial charge in [-0.15, -0.1) is 5.10 Å². The van der Waals surface area contributed by atoms with Gasteiger partial charge in [0.1, 0.15) is 12.2 Å². The molecule has 2 atom stereocenters. The van der Waals surface area contributed by atoms with E-state index in [4.69, 9.17) is 34.8 Å². The van der Waals surface area contributed by atoms with Gasteiger partial charge in [0, 0.05) is 27.7 Å². The van der Waals surface area contributed by atoms with E-state index in [0.29, 0.717) is 32.7 Å². The van der Waals surface area contributed by atoms with Crippen molar-refractivity contribution in [3.8, 4) is 5.69 Å². The number of benzene rings is 2. The Morgan fingerprint density at radius 1 is 1.00 bits per heavy atom. The van der Waals surface area contributed by atoms with Crippen LogP contribution in [0.2, 0.25) is 15.1 Å². The minimum absolute atomic E-state index is 0.147. The van der Waals surface area contributed by atoms with E-state index in [2.05, 4.69) is 15.6 Å². The largest absolute Gasteiger partial charge is 0.350 e. The Labute approximate surface area is 234 Å². The van der Waals surface area contributed by atoms with Crippen LogP contribution in [0.3, 0.4) is 0 Å². The number of carbonyl (C=O) groups is 3. The zero-order valence-electron chi connectivity index (χ0n) is 20.3. The van der Waals surface area contributed by atoms with Gasteiger partial charge in [0.15, 0.2) is 0 Å². The number of carbonyl (C=O) groups excluding carboxylic acids is 3. The summed E-state index contributed by atoms with van der Waals surface area (Å²) in [5.41, 5.74) is 2.04. The van der Waals surface area contributed by atoms with Crippen molar-refractivity contribution in [1.29, 1.82) is 0 Å². The zero-order chi connectivity index (χ0) is 26.8. The molecular formula is C26H25Cl3N6O3. The number of nitrogens with zero attached hydrogens (tertiary/aromatic N) is 5. The molecule has 1 aliphatic heterocycles. The van der Waals surface area contributed by atoms with Crippen LogP contribution in [0.4, 0.5) is 4.79 Å². The molecule has 0 spiro atoms. The quantitative estimate of drug-likeness (QED) is 0.433. The van der Waals surface area contributed by atoms with Gasteiger partial charge in [-0.2, -0.15) is 0 Å². The lowest BCUT2D eigenvalue weighted by Crippen LogP contribution is -2.63. The van der Waals surface area contributed by atoms with Crippen molar-refractivity contribution in [1.82, 2.24) is 30.1 Å². The standard InChI is InChI=1S/C26H25Cl3N6O3/c27-17-7-9-20(10-8-17)35-14-19(31-32-35)13-33-23-4-2-1-3-21(23)25(37)34(26(33)38)15-24(36)30-12-16-5-6-18(28)11-22(16)29/h5-11,14,21,23H,1-4,12-13,15H2,(H,30,36). The lowest BCUT2D eigenvalue weighted by molar-refractivity contribution is -0.143. The summed E-state index contributed by atoms with van der Waals surface area (Å²) >= 11 is 18.1. The second-order valence-electron chi connectivity index (χ2n) is 9.44. The van der Waals surface area contributed by atoms with Crippen molar-refractivity contribution < 1.29 is 14.4 Å². The summed E-state index contributed by atoms with van der Waals surface area (Å²) in [5.74, 6) is -1.12. The minimum atomic E-state index is -0.501. The monoisotopic (exact) mass is 574 g/mol. The molecule has 2 unspecified atom stereocenters. The molecule has 9 nitrogen and oxygen atoms in total. The van der Waals surface area contributed by atoms with E-state index in [9.17, 15) is 14.4 Å². The Morgan fingerprint density at radius 3 is 2.50 bits per heavy atom. The number of rotatable bonds is 7. The maximum absolute atomic E-state index is 13.6. The molecule has 38 heavy (non-hydrogen) atoms. The van der Waals surface area contributed by atoms with E-state index in [-0.39, 0.29) is 37.5 Å². The van der Waals surface area contributed by atoms with Gasteiger partial charge in [0.25, 0.3) is 0 Å². The topological polar surface area (TPSA) is 100 Å². The van der Waals surface area contributed by atoms with Gasteiger partial charge in [-0.05, 0) is 54.8 Å². The highest BCUT2D eigenvalue weighted by molar-refractivity contribution is 6.35. The van der Waals surface area contributed by atoms with Gasteiger partial charge < -0.3 is 10.2 Å². The first-order chi connectivity index (χ1) is 18.3. The molecule has 4 amide bonds. The van der Waals surface area contributed by atoms with Gasteiger partial charge in [-0.1, -0.05) is 58.9 Å². The fourth-order valence-corrected chi connectivity index (χ4v) is 5.62. The SMILES string of the molecule is O=C(CN1C(=O)C2CCCCC2N(Cc2cn(-c3ccc(Cl)cc3)nn2)C1=O)NCc1ccc(Cl)cc1Cl. The van der Waals surface area contributed by atoms with Crippen LogP contribution in [0.25, 0.3) is 5.69 Å². The fourth-order valence-electron chi connectivity index (χ4n) is 5.02. The van der Waals surface area contributed by atoms with Gasteiger partial charge in [-0.3, -0.25) is 14.5 Å². The van der Waals surface area contributed by atoms with E-state index >= 15 is 0 Å². The normalized spacial score (nSPS) is 19.4. The summed E-state index contributed by atoms with van der Waals surface area (Å²) in [6, 6.07) is 11.4. The molecule has 0 bridgehead atoms. The van der Waals surface area contributed by atoms with Crippen LogP contribution in [0.5, 0.6) is 0 Å². The Hall–Kier alpha value is -3.14. The van der Waals surface area contributed by atoms with Crippen molar-refractivity contribution in [3.05, 3.63) is 75.0 Å². The highest BCUT2D eigenvalue weighted by Gasteiger charge is 2.47. The summed E-state index contributed by atoms with van der Waals surface area (Å²) in [5, 5.41) is 12.7. The number of nitrogens with one attached hydrogen (secondary N) is 1. The highest BCUT2D eigenvalue weighted by atomic mass is 35.5. The predicted octanol–water partition coefficient (Wildman–Crippen LogP) is 4.87. The lowest BCUT2D eigenvalue weighted by atomic mass is 9.81. The second-order valence-corrected chi connectivity index (χ2v) is 10.7. The Kier molecular flexibility index (Phi) is 7.88. The van der Waals surface area contributed by atoms with Gasteiger partial charge in [0.2, 0.25) is 11.8 Å². The summed E-state index contributed by atoms with van der Waals surface area (Å²) < 4.78 is 1.61. The van der Waals surface area contributed by atoms with E-state index in [0.717, 1.165) is 29.8 Å². The number of fused-ring (bicyclic) bond motifs is 1. The molecule has 12 heteroatoms. The third-order valence-electron chi connectivity index (χ3n) is 6.95. The predicted molar refractivity (Wildman–Crippen MR) is 143 cm³/mol. The van der Waals surface area contributed by atoms with E-state index in [1.165, 1.54) is 0 Å². The number of urea groups is 1. The first-order valence-corrected chi connectivity index (χ1v) is 13.4. The molecule has 2 fully saturated rings. The van der Waals surface area contributed by atoms with Crippen molar-refractivity contribution in [2.24, 2.45) is 5.92 Å². The average molecular weight is 576 g/mol. The molecule has 2 heterocycles. The minimum Gasteiger partial charge on any atom is -0.350 e. The molecule has 1 saturated heterocycles. The molecular weight excluding hydrogens is 551 g/mol. The average Bonchev–Trinajstić information content (AvgIpc) is 3.37. The zero-order valence-corrected chi connectivity index (χ0v) is 22.6. The molecule has 1 N–H and O–H groups in total.